The summed E-state index contributed by atoms with van der Waals surface area (Å²) in [5, 5.41) is 7.68. The highest BCUT2D eigenvalue weighted by molar-refractivity contribution is 6.00. The quantitative estimate of drug-likeness (QED) is 0.786. The SMILES string of the molecule is C1=CN(C2CCCCCCC2)C2N=C(Nc3ccc(-n4cccn4)cc3)N=CC2C1. The monoisotopic (exact) mass is 402 g/mol. The van der Waals surface area contributed by atoms with E-state index in [0.29, 0.717) is 17.9 Å². The van der Waals surface area contributed by atoms with E-state index in [-0.39, 0.29) is 6.17 Å². The fraction of sp³-hybridized carbons (Fsp3) is 0.458. The fourth-order valence-electron chi connectivity index (χ4n) is 4.78. The molecule has 1 saturated carbocycles. The van der Waals surface area contributed by atoms with Crippen molar-refractivity contribution in [3.63, 3.8) is 0 Å². The van der Waals surface area contributed by atoms with Crippen LogP contribution in [0, 0.1) is 5.92 Å². The number of fused-ring (bicyclic) bond motifs is 1. The average molecular weight is 403 g/mol. The summed E-state index contributed by atoms with van der Waals surface area (Å²) >= 11 is 0. The molecule has 2 unspecified atom stereocenters. The first-order valence-electron chi connectivity index (χ1n) is 11.3. The van der Waals surface area contributed by atoms with Gasteiger partial charge in [0.05, 0.1) is 5.69 Å². The molecule has 0 spiro atoms. The van der Waals surface area contributed by atoms with Crippen LogP contribution >= 0.6 is 0 Å². The number of rotatable bonds is 3. The zero-order valence-corrected chi connectivity index (χ0v) is 17.4. The Morgan fingerprint density at radius 3 is 2.53 bits per heavy atom. The molecular weight excluding hydrogens is 372 g/mol. The topological polar surface area (TPSA) is 57.8 Å². The van der Waals surface area contributed by atoms with Crippen LogP contribution in [0.1, 0.15) is 51.4 Å². The number of hydrogen-bond donors (Lipinski definition) is 1. The lowest BCUT2D eigenvalue weighted by molar-refractivity contribution is 0.144. The molecule has 0 saturated heterocycles. The van der Waals surface area contributed by atoms with Gasteiger partial charge in [-0.25, -0.2) is 14.7 Å². The van der Waals surface area contributed by atoms with Gasteiger partial charge in [-0.3, -0.25) is 0 Å². The van der Waals surface area contributed by atoms with E-state index in [4.69, 9.17) is 4.99 Å². The summed E-state index contributed by atoms with van der Waals surface area (Å²) in [5.74, 6) is 1.07. The van der Waals surface area contributed by atoms with E-state index in [1.807, 2.05) is 16.9 Å². The van der Waals surface area contributed by atoms with Crippen LogP contribution in [0.15, 0.2) is 65.0 Å². The summed E-state index contributed by atoms with van der Waals surface area (Å²) in [6.45, 7) is 0. The highest BCUT2D eigenvalue weighted by atomic mass is 15.3. The molecule has 1 aromatic heterocycles. The zero-order chi connectivity index (χ0) is 20.2. The molecule has 6 nitrogen and oxygen atoms in total. The summed E-state index contributed by atoms with van der Waals surface area (Å²) < 4.78 is 1.85. The third-order valence-corrected chi connectivity index (χ3v) is 6.41. The molecule has 2 aliphatic heterocycles. The number of nitrogens with one attached hydrogen (secondary N) is 1. The van der Waals surface area contributed by atoms with Gasteiger partial charge in [0.15, 0.2) is 0 Å². The summed E-state index contributed by atoms with van der Waals surface area (Å²) in [6.07, 6.45) is 20.9. The van der Waals surface area contributed by atoms with E-state index < -0.39 is 0 Å². The number of benzene rings is 1. The first-order chi connectivity index (χ1) is 14.9. The Balaban J connectivity index is 1.31. The molecule has 0 bridgehead atoms. The van der Waals surface area contributed by atoms with Gasteiger partial charge in [-0.2, -0.15) is 5.10 Å². The van der Waals surface area contributed by atoms with Crippen molar-refractivity contribution in [3.8, 4) is 5.69 Å². The second kappa shape index (κ2) is 8.86. The van der Waals surface area contributed by atoms with Crippen LogP contribution in [0.3, 0.4) is 0 Å². The van der Waals surface area contributed by atoms with E-state index in [2.05, 4.69) is 63.1 Å². The summed E-state index contributed by atoms with van der Waals surface area (Å²) in [4.78, 5) is 12.2. The van der Waals surface area contributed by atoms with E-state index in [0.717, 1.165) is 17.8 Å². The normalized spacial score (nSPS) is 24.7. The molecule has 156 valence electrons. The fourth-order valence-corrected chi connectivity index (χ4v) is 4.78. The van der Waals surface area contributed by atoms with Crippen LogP contribution in [-0.4, -0.2) is 39.1 Å². The smallest absolute Gasteiger partial charge is 0.224 e. The lowest BCUT2D eigenvalue weighted by Gasteiger charge is -2.42. The van der Waals surface area contributed by atoms with Gasteiger partial charge in [-0.05, 0) is 55.8 Å². The Bertz CT molecular complexity index is 904. The van der Waals surface area contributed by atoms with Crippen molar-refractivity contribution in [2.24, 2.45) is 15.9 Å². The van der Waals surface area contributed by atoms with Crippen molar-refractivity contribution in [3.05, 3.63) is 55.0 Å². The van der Waals surface area contributed by atoms with Gasteiger partial charge in [0.2, 0.25) is 5.96 Å². The summed E-state index contributed by atoms with van der Waals surface area (Å²) in [7, 11) is 0. The Hall–Kier alpha value is -2.89. The van der Waals surface area contributed by atoms with Gasteiger partial charge in [0.1, 0.15) is 6.17 Å². The van der Waals surface area contributed by atoms with E-state index in [9.17, 15) is 0 Å². The minimum absolute atomic E-state index is 0.155. The Morgan fingerprint density at radius 2 is 1.77 bits per heavy atom. The molecule has 2 atom stereocenters. The molecule has 6 heteroatoms. The van der Waals surface area contributed by atoms with Crippen molar-refractivity contribution in [1.29, 1.82) is 0 Å². The highest BCUT2D eigenvalue weighted by Crippen LogP contribution is 2.31. The maximum absolute atomic E-state index is 5.05. The number of aliphatic imine (C=N–C) groups is 2. The molecule has 5 rings (SSSR count). The standard InChI is InChI=1S/C24H30N6/c1-2-4-9-21(10-5-3-1)29-16-6-8-19-18-25-24(28-23(19)29)27-20-11-13-22(14-12-20)30-17-7-15-26-30/h6-7,11-19,21,23H,1-5,8-10H2,(H,27,28). The van der Waals surface area contributed by atoms with Gasteiger partial charge in [0.25, 0.3) is 0 Å². The number of hydrogen-bond acceptors (Lipinski definition) is 5. The third-order valence-electron chi connectivity index (χ3n) is 6.41. The minimum Gasteiger partial charge on any atom is -0.353 e. The van der Waals surface area contributed by atoms with Crippen LogP contribution in [0.4, 0.5) is 5.69 Å². The molecule has 1 aliphatic carbocycles. The lowest BCUT2D eigenvalue weighted by Crippen LogP contribution is -2.47. The zero-order valence-electron chi connectivity index (χ0n) is 17.4. The molecule has 1 aromatic carbocycles. The maximum Gasteiger partial charge on any atom is 0.224 e. The first-order valence-corrected chi connectivity index (χ1v) is 11.3. The average Bonchev–Trinajstić information content (AvgIpc) is 3.29. The van der Waals surface area contributed by atoms with Crippen LogP contribution in [0.5, 0.6) is 0 Å². The number of nitrogens with zero attached hydrogens (tertiary/aromatic N) is 5. The number of anilines is 1. The predicted molar refractivity (Wildman–Crippen MR) is 122 cm³/mol. The van der Waals surface area contributed by atoms with Crippen molar-refractivity contribution in [1.82, 2.24) is 14.7 Å². The molecule has 0 radical (unpaired) electrons. The van der Waals surface area contributed by atoms with Crippen LogP contribution < -0.4 is 5.32 Å². The molecule has 1 fully saturated rings. The maximum atomic E-state index is 5.05. The van der Waals surface area contributed by atoms with E-state index in [1.165, 1.54) is 44.9 Å². The third kappa shape index (κ3) is 4.18. The number of aromatic nitrogens is 2. The van der Waals surface area contributed by atoms with E-state index >= 15 is 0 Å². The first kappa shape index (κ1) is 19.1. The molecule has 30 heavy (non-hydrogen) atoms. The second-order valence-electron chi connectivity index (χ2n) is 8.50. The van der Waals surface area contributed by atoms with Crippen LogP contribution in [-0.2, 0) is 0 Å². The Morgan fingerprint density at radius 1 is 0.967 bits per heavy atom. The van der Waals surface area contributed by atoms with Crippen LogP contribution in [0.25, 0.3) is 5.69 Å². The molecule has 3 heterocycles. The minimum atomic E-state index is 0.155. The van der Waals surface area contributed by atoms with Gasteiger partial charge in [-0.15, -0.1) is 0 Å². The second-order valence-corrected chi connectivity index (χ2v) is 8.50. The lowest BCUT2D eigenvalue weighted by atomic mass is 9.91. The molecular formula is C24H30N6. The van der Waals surface area contributed by atoms with E-state index in [1.54, 1.807) is 6.20 Å². The Labute approximate surface area is 178 Å². The van der Waals surface area contributed by atoms with Crippen molar-refractivity contribution >= 4 is 17.9 Å². The number of guanidine groups is 1. The molecule has 1 N–H and O–H groups in total. The van der Waals surface area contributed by atoms with Gasteiger partial charge >= 0.3 is 0 Å². The van der Waals surface area contributed by atoms with Gasteiger partial charge in [0, 0.05) is 36.3 Å². The van der Waals surface area contributed by atoms with Crippen molar-refractivity contribution in [2.75, 3.05) is 5.32 Å². The molecule has 0 amide bonds. The molecule has 2 aromatic rings. The highest BCUT2D eigenvalue weighted by Gasteiger charge is 2.33. The number of allylic oxidation sites excluding steroid dienone is 1. The Kier molecular flexibility index (Phi) is 5.64. The summed E-state index contributed by atoms with van der Waals surface area (Å²) in [6, 6.07) is 10.7. The summed E-state index contributed by atoms with van der Waals surface area (Å²) in [5.41, 5.74) is 2.02. The molecule has 3 aliphatic rings. The van der Waals surface area contributed by atoms with Crippen LogP contribution in [0.2, 0.25) is 0 Å². The largest absolute Gasteiger partial charge is 0.353 e. The van der Waals surface area contributed by atoms with Gasteiger partial charge < -0.3 is 10.2 Å². The van der Waals surface area contributed by atoms with Crippen molar-refractivity contribution < 1.29 is 0 Å². The predicted octanol–water partition coefficient (Wildman–Crippen LogP) is 5.00. The van der Waals surface area contributed by atoms with Gasteiger partial charge in [-0.1, -0.05) is 38.2 Å². The van der Waals surface area contributed by atoms with Crippen molar-refractivity contribution in [2.45, 2.75) is 63.6 Å².